The van der Waals surface area contributed by atoms with Crippen molar-refractivity contribution in [1.29, 1.82) is 0 Å². The van der Waals surface area contributed by atoms with Crippen LogP contribution in [0.1, 0.15) is 37.8 Å². The first-order chi connectivity index (χ1) is 20.4. The summed E-state index contributed by atoms with van der Waals surface area (Å²) in [5.74, 6) is 0.113. The maximum Gasteiger partial charge on any atom is 0.243 e. The van der Waals surface area contributed by atoms with Crippen LogP contribution in [-0.4, -0.2) is 57.6 Å². The number of halogens is 2. The molecule has 0 saturated heterocycles. The van der Waals surface area contributed by atoms with Gasteiger partial charge in [0.1, 0.15) is 11.8 Å². The van der Waals surface area contributed by atoms with Crippen molar-refractivity contribution in [2.24, 2.45) is 5.92 Å². The maximum atomic E-state index is 14.0. The van der Waals surface area contributed by atoms with Crippen molar-refractivity contribution in [3.8, 4) is 5.75 Å². The van der Waals surface area contributed by atoms with Gasteiger partial charge in [-0.25, -0.2) is 8.42 Å². The number of methoxy groups -OCH3 is 1. The molecule has 2 amide bonds. The lowest BCUT2D eigenvalue weighted by atomic mass is 10.0. The number of nitrogens with one attached hydrogen (secondary N) is 1. The van der Waals surface area contributed by atoms with Crippen LogP contribution in [0.25, 0.3) is 0 Å². The standard InChI is InChI=1S/C32H39Cl2N3O5S/c1-23(2)21-35-32(39)30(19-24-11-6-5-7-12-24)36(22-27-28(33)15-9-16-29(27)34)31(38)17-10-18-37(43(4,40)41)25-13-8-14-26(20-25)42-3/h5-9,11-16,20,23,30H,10,17-19,21-22H2,1-4H3,(H,35,39)/t30-/m0/s1. The first kappa shape index (κ1) is 34.2. The van der Waals surface area contributed by atoms with Crippen LogP contribution in [0.5, 0.6) is 5.75 Å². The molecule has 0 aromatic heterocycles. The molecular weight excluding hydrogens is 609 g/mol. The molecule has 11 heteroatoms. The summed E-state index contributed by atoms with van der Waals surface area (Å²) in [5.41, 5.74) is 1.85. The normalized spacial score (nSPS) is 12.1. The van der Waals surface area contributed by atoms with E-state index in [0.717, 1.165) is 11.8 Å². The highest BCUT2D eigenvalue weighted by molar-refractivity contribution is 7.92. The van der Waals surface area contributed by atoms with Gasteiger partial charge >= 0.3 is 0 Å². The number of sulfonamides is 1. The second-order valence-electron chi connectivity index (χ2n) is 10.7. The Morgan fingerprint density at radius 1 is 0.953 bits per heavy atom. The van der Waals surface area contributed by atoms with E-state index in [1.165, 1.54) is 16.3 Å². The molecule has 3 aromatic rings. The second kappa shape index (κ2) is 16.0. The smallest absolute Gasteiger partial charge is 0.243 e. The van der Waals surface area contributed by atoms with E-state index >= 15 is 0 Å². The lowest BCUT2D eigenvalue weighted by Gasteiger charge is -2.32. The number of hydrogen-bond donors (Lipinski definition) is 1. The van der Waals surface area contributed by atoms with Crippen molar-refractivity contribution in [2.75, 3.05) is 30.8 Å². The van der Waals surface area contributed by atoms with Crippen LogP contribution in [0.4, 0.5) is 5.69 Å². The lowest BCUT2D eigenvalue weighted by Crippen LogP contribution is -2.51. The summed E-state index contributed by atoms with van der Waals surface area (Å²) in [7, 11) is -2.15. The van der Waals surface area contributed by atoms with Gasteiger partial charge in [0, 0.05) is 54.2 Å². The fraction of sp³-hybridized carbons (Fsp3) is 0.375. The Kier molecular flexibility index (Phi) is 12.7. The Labute approximate surface area is 265 Å². The van der Waals surface area contributed by atoms with Gasteiger partial charge in [0.2, 0.25) is 21.8 Å². The number of ether oxygens (including phenoxy) is 1. The summed E-state index contributed by atoms with van der Waals surface area (Å²) in [6.07, 6.45) is 1.59. The number of carbonyl (C=O) groups is 2. The fourth-order valence-electron chi connectivity index (χ4n) is 4.60. The summed E-state index contributed by atoms with van der Waals surface area (Å²) in [6, 6.07) is 20.4. The molecule has 0 bridgehead atoms. The molecule has 43 heavy (non-hydrogen) atoms. The van der Waals surface area contributed by atoms with E-state index in [1.54, 1.807) is 42.5 Å². The number of benzene rings is 3. The minimum absolute atomic E-state index is 0.00954. The number of anilines is 1. The Morgan fingerprint density at radius 2 is 1.60 bits per heavy atom. The molecule has 1 atom stereocenters. The van der Waals surface area contributed by atoms with Crippen LogP contribution in [0.2, 0.25) is 10.0 Å². The summed E-state index contributed by atoms with van der Waals surface area (Å²) < 4.78 is 31.9. The molecule has 0 aliphatic carbocycles. The van der Waals surface area contributed by atoms with Crippen LogP contribution in [-0.2, 0) is 32.6 Å². The Bertz CT molecular complexity index is 1470. The van der Waals surface area contributed by atoms with Crippen LogP contribution in [0.3, 0.4) is 0 Å². The minimum Gasteiger partial charge on any atom is -0.497 e. The molecule has 3 rings (SSSR count). The molecule has 0 radical (unpaired) electrons. The zero-order valence-corrected chi connectivity index (χ0v) is 27.3. The molecule has 0 fully saturated rings. The summed E-state index contributed by atoms with van der Waals surface area (Å²) in [5, 5.41) is 3.75. The van der Waals surface area contributed by atoms with E-state index < -0.39 is 16.1 Å². The number of rotatable bonds is 15. The molecule has 0 heterocycles. The van der Waals surface area contributed by atoms with Crippen molar-refractivity contribution < 1.29 is 22.7 Å². The summed E-state index contributed by atoms with van der Waals surface area (Å²) in [6.45, 7) is 4.50. The monoisotopic (exact) mass is 647 g/mol. The molecule has 8 nitrogen and oxygen atoms in total. The topological polar surface area (TPSA) is 96.0 Å². The highest BCUT2D eigenvalue weighted by Gasteiger charge is 2.31. The van der Waals surface area contributed by atoms with Crippen LogP contribution < -0.4 is 14.4 Å². The van der Waals surface area contributed by atoms with Gasteiger partial charge in [-0.05, 0) is 42.2 Å². The lowest BCUT2D eigenvalue weighted by molar-refractivity contribution is -0.141. The fourth-order valence-corrected chi connectivity index (χ4v) is 6.07. The molecular formula is C32H39Cl2N3O5S. The zero-order chi connectivity index (χ0) is 31.6. The number of amides is 2. The van der Waals surface area contributed by atoms with Crippen molar-refractivity contribution in [2.45, 2.75) is 45.7 Å². The van der Waals surface area contributed by atoms with Gasteiger partial charge in [-0.2, -0.15) is 0 Å². The molecule has 232 valence electrons. The van der Waals surface area contributed by atoms with E-state index in [-0.39, 0.29) is 50.1 Å². The average Bonchev–Trinajstić information content (AvgIpc) is 2.97. The van der Waals surface area contributed by atoms with Crippen molar-refractivity contribution in [3.63, 3.8) is 0 Å². The van der Waals surface area contributed by atoms with Crippen molar-refractivity contribution >= 4 is 50.7 Å². The van der Waals surface area contributed by atoms with E-state index in [1.807, 2.05) is 44.2 Å². The Balaban J connectivity index is 1.93. The van der Waals surface area contributed by atoms with Gasteiger partial charge in [-0.3, -0.25) is 13.9 Å². The third-order valence-corrected chi connectivity index (χ3v) is 8.74. The van der Waals surface area contributed by atoms with Gasteiger partial charge in [-0.15, -0.1) is 0 Å². The number of carbonyl (C=O) groups excluding carboxylic acids is 2. The van der Waals surface area contributed by atoms with Gasteiger partial charge in [-0.1, -0.05) is 79.5 Å². The Morgan fingerprint density at radius 3 is 2.21 bits per heavy atom. The quantitative estimate of drug-likeness (QED) is 0.220. The van der Waals surface area contributed by atoms with Crippen LogP contribution in [0, 0.1) is 5.92 Å². The average molecular weight is 649 g/mol. The van der Waals surface area contributed by atoms with E-state index in [0.29, 0.717) is 33.6 Å². The third-order valence-electron chi connectivity index (χ3n) is 6.84. The van der Waals surface area contributed by atoms with Gasteiger partial charge in [0.15, 0.2) is 0 Å². The molecule has 0 saturated carbocycles. The van der Waals surface area contributed by atoms with Crippen molar-refractivity contribution in [3.05, 3.63) is 94.0 Å². The second-order valence-corrected chi connectivity index (χ2v) is 13.4. The van der Waals surface area contributed by atoms with Gasteiger partial charge < -0.3 is 15.0 Å². The SMILES string of the molecule is COc1cccc(N(CCCC(=O)N(Cc2c(Cl)cccc2Cl)[C@@H](Cc2ccccc2)C(=O)NCC(C)C)S(C)(=O)=O)c1. The highest BCUT2D eigenvalue weighted by atomic mass is 35.5. The molecule has 3 aromatic carbocycles. The number of nitrogens with zero attached hydrogens (tertiary/aromatic N) is 2. The number of hydrogen-bond acceptors (Lipinski definition) is 5. The van der Waals surface area contributed by atoms with E-state index in [4.69, 9.17) is 27.9 Å². The maximum absolute atomic E-state index is 14.0. The minimum atomic E-state index is -3.65. The largest absolute Gasteiger partial charge is 0.497 e. The molecule has 0 aliphatic heterocycles. The van der Waals surface area contributed by atoms with E-state index in [9.17, 15) is 18.0 Å². The first-order valence-electron chi connectivity index (χ1n) is 14.1. The van der Waals surface area contributed by atoms with Gasteiger partial charge in [0.25, 0.3) is 0 Å². The molecule has 1 N–H and O–H groups in total. The van der Waals surface area contributed by atoms with Gasteiger partial charge in [0.05, 0.1) is 19.1 Å². The third kappa shape index (κ3) is 10.2. The van der Waals surface area contributed by atoms with Crippen LogP contribution >= 0.6 is 23.2 Å². The first-order valence-corrected chi connectivity index (χ1v) is 16.7. The molecule has 0 unspecified atom stereocenters. The highest BCUT2D eigenvalue weighted by Crippen LogP contribution is 2.28. The van der Waals surface area contributed by atoms with Crippen molar-refractivity contribution in [1.82, 2.24) is 10.2 Å². The van der Waals surface area contributed by atoms with Crippen LogP contribution in [0.15, 0.2) is 72.8 Å². The van der Waals surface area contributed by atoms with E-state index in [2.05, 4.69) is 5.32 Å². The molecule has 0 spiro atoms. The Hall–Kier alpha value is -3.27. The predicted molar refractivity (Wildman–Crippen MR) is 173 cm³/mol. The molecule has 0 aliphatic rings. The predicted octanol–water partition coefficient (Wildman–Crippen LogP) is 5.96. The summed E-state index contributed by atoms with van der Waals surface area (Å²) in [4.78, 5) is 29.1. The summed E-state index contributed by atoms with van der Waals surface area (Å²) >= 11 is 13.0. The zero-order valence-electron chi connectivity index (χ0n) is 24.9.